The number of halogens is 5. The average Bonchev–Trinajstić information content (AvgIpc) is 2.92. The summed E-state index contributed by atoms with van der Waals surface area (Å²) in [6.45, 7) is 8.16. The number of aryl methyl sites for hydroxylation is 1. The maximum atomic E-state index is 15.8. The molecule has 3 aromatic heterocycles. The average molecular weight is 577 g/mol. The van der Waals surface area contributed by atoms with Crippen LogP contribution in [-0.2, 0) is 0 Å². The van der Waals surface area contributed by atoms with Gasteiger partial charge in [0.25, 0.3) is 0 Å². The number of nitrogens with two attached hydrogens (primary N) is 1. The first-order valence-corrected chi connectivity index (χ1v) is 13.5. The smallest absolute Gasteiger partial charge is 0.353 e. The van der Waals surface area contributed by atoms with Crippen LogP contribution in [0.5, 0.6) is 0 Å². The monoisotopic (exact) mass is 576 g/mol. The summed E-state index contributed by atoms with van der Waals surface area (Å²) in [5.41, 5.74) is 4.93. The van der Waals surface area contributed by atoms with E-state index in [4.69, 9.17) is 17.3 Å². The summed E-state index contributed by atoms with van der Waals surface area (Å²) in [4.78, 5) is 29.0. The van der Waals surface area contributed by atoms with Crippen molar-refractivity contribution < 1.29 is 17.6 Å². The van der Waals surface area contributed by atoms with Crippen LogP contribution in [0.3, 0.4) is 0 Å². The van der Waals surface area contributed by atoms with Gasteiger partial charge in [0.2, 0.25) is 0 Å². The third kappa shape index (κ3) is 4.49. The summed E-state index contributed by atoms with van der Waals surface area (Å²) in [7, 11) is 0. The molecule has 1 saturated heterocycles. The molecule has 2 aliphatic rings. The molecule has 3 aromatic rings. The van der Waals surface area contributed by atoms with Crippen LogP contribution in [0.15, 0.2) is 39.8 Å². The number of piperidine rings is 1. The third-order valence-corrected chi connectivity index (χ3v) is 7.93. The van der Waals surface area contributed by atoms with Crippen LogP contribution in [0.4, 0.5) is 23.4 Å². The van der Waals surface area contributed by atoms with Crippen molar-refractivity contribution >= 4 is 34.0 Å². The number of fused-ring (bicyclic) bond motifs is 1. The molecular weight excluding hydrogens is 548 g/mol. The summed E-state index contributed by atoms with van der Waals surface area (Å²) in [6.07, 6.45) is 1.78. The molecule has 1 aliphatic carbocycles. The van der Waals surface area contributed by atoms with Crippen LogP contribution < -0.4 is 16.3 Å². The number of nitrogens with zero attached hydrogens (tertiary/aromatic N) is 5. The Morgan fingerprint density at radius 2 is 1.88 bits per heavy atom. The lowest BCUT2D eigenvalue weighted by Crippen LogP contribution is -2.40. The quantitative estimate of drug-likeness (QED) is 0.389. The molecule has 0 bridgehead atoms. The van der Waals surface area contributed by atoms with Gasteiger partial charge in [0, 0.05) is 18.8 Å². The highest BCUT2D eigenvalue weighted by Gasteiger charge is 2.39. The molecule has 0 aromatic carbocycles. The minimum Gasteiger partial charge on any atom is -0.353 e. The first-order valence-electron chi connectivity index (χ1n) is 13.1. The molecular formula is C28H29ClF4N6O. The number of rotatable bonds is 4. The van der Waals surface area contributed by atoms with Crippen molar-refractivity contribution in [1.82, 2.24) is 19.5 Å². The predicted molar refractivity (Wildman–Crippen MR) is 147 cm³/mol. The van der Waals surface area contributed by atoms with Gasteiger partial charge in [-0.3, -0.25) is 4.98 Å². The fraction of sp³-hybridized carbons (Fsp3) is 0.429. The molecule has 0 saturated carbocycles. The Morgan fingerprint density at radius 1 is 1.15 bits per heavy atom. The van der Waals surface area contributed by atoms with Gasteiger partial charge in [-0.25, -0.2) is 31.9 Å². The van der Waals surface area contributed by atoms with E-state index in [-0.39, 0.29) is 28.8 Å². The fourth-order valence-electron chi connectivity index (χ4n) is 5.41. The second kappa shape index (κ2) is 10.6. The number of pyridine rings is 2. The number of alkyl halides is 1. The zero-order chi connectivity index (χ0) is 29.0. The van der Waals surface area contributed by atoms with Crippen molar-refractivity contribution in [3.05, 3.63) is 68.3 Å². The normalized spacial score (nSPS) is 22.2. The van der Waals surface area contributed by atoms with Crippen molar-refractivity contribution in [3.63, 3.8) is 0 Å². The van der Waals surface area contributed by atoms with Gasteiger partial charge in [-0.05, 0) is 56.7 Å². The molecule has 0 amide bonds. The number of hydrogen-bond donors (Lipinski definition) is 1. The van der Waals surface area contributed by atoms with Gasteiger partial charge in [0.05, 0.1) is 33.4 Å². The Morgan fingerprint density at radius 3 is 2.55 bits per heavy atom. The molecule has 0 radical (unpaired) electrons. The van der Waals surface area contributed by atoms with E-state index in [2.05, 4.69) is 15.0 Å². The number of anilines is 1. The van der Waals surface area contributed by atoms with Gasteiger partial charge in [-0.2, -0.15) is 4.98 Å². The number of hydrogen-bond acceptors (Lipinski definition) is 6. The van der Waals surface area contributed by atoms with Crippen LogP contribution in [0.2, 0.25) is 0 Å². The summed E-state index contributed by atoms with van der Waals surface area (Å²) < 4.78 is 61.1. The second-order valence-electron chi connectivity index (χ2n) is 10.6. The fourth-order valence-corrected chi connectivity index (χ4v) is 5.70. The zero-order valence-electron chi connectivity index (χ0n) is 22.5. The van der Waals surface area contributed by atoms with E-state index in [1.807, 2.05) is 25.7 Å². The largest absolute Gasteiger partial charge is 0.355 e. The highest BCUT2D eigenvalue weighted by atomic mass is 35.5. The summed E-state index contributed by atoms with van der Waals surface area (Å²) in [5.74, 6) is -3.81. The van der Waals surface area contributed by atoms with E-state index in [0.717, 1.165) is 25.3 Å². The van der Waals surface area contributed by atoms with Crippen LogP contribution in [0, 0.1) is 12.7 Å². The number of aromatic nitrogens is 4. The van der Waals surface area contributed by atoms with Crippen molar-refractivity contribution in [1.29, 1.82) is 0 Å². The lowest BCUT2D eigenvalue weighted by Gasteiger charge is -2.35. The van der Waals surface area contributed by atoms with Crippen molar-refractivity contribution in [2.24, 2.45) is 5.73 Å². The molecule has 2 unspecified atom stereocenters. The molecule has 212 valence electrons. The molecule has 0 spiro atoms. The molecule has 5 rings (SSSR count). The van der Waals surface area contributed by atoms with E-state index in [9.17, 15) is 13.6 Å². The summed E-state index contributed by atoms with van der Waals surface area (Å²) in [5, 5.41) is -0.775. The minimum absolute atomic E-state index is 0.0123. The Kier molecular flexibility index (Phi) is 7.47. The third-order valence-electron chi connectivity index (χ3n) is 7.56. The van der Waals surface area contributed by atoms with E-state index in [1.54, 1.807) is 19.2 Å². The van der Waals surface area contributed by atoms with Crippen LogP contribution in [0.1, 0.15) is 62.9 Å². The Bertz CT molecular complexity index is 1640. The van der Waals surface area contributed by atoms with Gasteiger partial charge in [-0.1, -0.05) is 25.4 Å². The van der Waals surface area contributed by atoms with E-state index < -0.39 is 51.7 Å². The van der Waals surface area contributed by atoms with Gasteiger partial charge in [0.1, 0.15) is 17.3 Å². The molecule has 3 atom stereocenters. The SMILES string of the molecule is Cc1ccnc(C(C)C)c1-n1c(=O)nc(N2CCCC[C@@H]2C)c2cc(F)c(C3=C(F)C(N)C(F)C(F)=C3Cl)nc21. The Hall–Kier alpha value is -3.31. The van der Waals surface area contributed by atoms with Crippen LogP contribution in [-0.4, -0.2) is 44.3 Å². The first-order chi connectivity index (χ1) is 18.9. The van der Waals surface area contributed by atoms with Gasteiger partial charge >= 0.3 is 5.69 Å². The van der Waals surface area contributed by atoms with Crippen molar-refractivity contribution in [3.8, 4) is 5.69 Å². The van der Waals surface area contributed by atoms with E-state index in [1.165, 1.54) is 4.57 Å². The Labute approximate surface area is 233 Å². The van der Waals surface area contributed by atoms with Crippen molar-refractivity contribution in [2.45, 2.75) is 71.1 Å². The van der Waals surface area contributed by atoms with Crippen molar-refractivity contribution in [2.75, 3.05) is 11.4 Å². The van der Waals surface area contributed by atoms with E-state index in [0.29, 0.717) is 23.5 Å². The summed E-state index contributed by atoms with van der Waals surface area (Å²) >= 11 is 6.00. The molecule has 7 nitrogen and oxygen atoms in total. The molecule has 40 heavy (non-hydrogen) atoms. The minimum atomic E-state index is -2.53. The molecule has 1 aliphatic heterocycles. The topological polar surface area (TPSA) is 89.9 Å². The standard InChI is InChI=1S/C28H29ClF4N6O/c1-12(2)23-25(13(3)8-9-35-23)39-27-15(26(37-28(39)40)38-10-6-5-7-14(38)4)11-16(30)24(36-27)17-18(29)20(32)21(33)22(34)19(17)31/h8-9,11-12,14,21-22H,5-7,10,34H2,1-4H3/t14-,21?,22?/m0/s1. The van der Waals surface area contributed by atoms with E-state index >= 15 is 8.78 Å². The second-order valence-corrected chi connectivity index (χ2v) is 11.0. The van der Waals surface area contributed by atoms with Crippen LogP contribution >= 0.6 is 11.6 Å². The highest BCUT2D eigenvalue weighted by molar-refractivity contribution is 6.37. The van der Waals surface area contributed by atoms with Gasteiger partial charge in [-0.15, -0.1) is 0 Å². The Balaban J connectivity index is 1.91. The predicted octanol–water partition coefficient (Wildman–Crippen LogP) is 5.90. The maximum absolute atomic E-state index is 15.8. The first kappa shape index (κ1) is 28.2. The highest BCUT2D eigenvalue weighted by Crippen LogP contribution is 2.42. The summed E-state index contributed by atoms with van der Waals surface area (Å²) in [6, 6.07) is 0.765. The number of allylic oxidation sites excluding steroid dienone is 2. The zero-order valence-corrected chi connectivity index (χ0v) is 23.2. The van der Waals surface area contributed by atoms with Gasteiger partial charge < -0.3 is 10.6 Å². The molecule has 12 heteroatoms. The van der Waals surface area contributed by atoms with Crippen LogP contribution in [0.25, 0.3) is 22.3 Å². The van der Waals surface area contributed by atoms with Gasteiger partial charge in [0.15, 0.2) is 23.5 Å². The molecule has 1 fully saturated rings. The lowest BCUT2D eigenvalue weighted by molar-refractivity contribution is 0.274. The molecule has 4 heterocycles. The molecule has 2 N–H and O–H groups in total. The maximum Gasteiger partial charge on any atom is 0.355 e. The lowest BCUT2D eigenvalue weighted by atomic mass is 9.96.